The zero-order valence-corrected chi connectivity index (χ0v) is 15.2. The minimum Gasteiger partial charge on any atom is -0.495 e. The first kappa shape index (κ1) is 19.3. The van der Waals surface area contributed by atoms with Gasteiger partial charge in [0.05, 0.1) is 18.7 Å². The number of nitrogens with zero attached hydrogens (tertiary/aromatic N) is 1. The zero-order valence-electron chi connectivity index (χ0n) is 15.2. The first-order chi connectivity index (χ1) is 13.5. The summed E-state index contributed by atoms with van der Waals surface area (Å²) in [7, 11) is 1.50. The number of rotatable bonds is 6. The highest BCUT2D eigenvalue weighted by molar-refractivity contribution is 6.01. The Bertz CT molecular complexity index is 902. The predicted octanol–water partition coefficient (Wildman–Crippen LogP) is 2.37. The van der Waals surface area contributed by atoms with Crippen molar-refractivity contribution in [2.24, 2.45) is 5.92 Å². The van der Waals surface area contributed by atoms with E-state index in [0.29, 0.717) is 11.4 Å². The lowest BCUT2D eigenvalue weighted by Gasteiger charge is -2.19. The van der Waals surface area contributed by atoms with Gasteiger partial charge in [0.1, 0.15) is 11.6 Å². The van der Waals surface area contributed by atoms with E-state index < -0.39 is 30.2 Å². The lowest BCUT2D eigenvalue weighted by molar-refractivity contribution is -0.151. The van der Waals surface area contributed by atoms with Crippen LogP contribution in [0.2, 0.25) is 0 Å². The number of para-hydroxylation sites is 2. The van der Waals surface area contributed by atoms with Crippen LogP contribution in [-0.4, -0.2) is 38.0 Å². The molecule has 1 saturated heterocycles. The maximum absolute atomic E-state index is 13.1. The van der Waals surface area contributed by atoms with E-state index >= 15 is 0 Å². The Balaban J connectivity index is 1.55. The van der Waals surface area contributed by atoms with E-state index in [1.165, 1.54) is 30.2 Å². The number of amides is 2. The van der Waals surface area contributed by atoms with Gasteiger partial charge in [0.15, 0.2) is 6.61 Å². The van der Waals surface area contributed by atoms with Crippen LogP contribution in [0.4, 0.5) is 15.8 Å². The van der Waals surface area contributed by atoms with Gasteiger partial charge in [-0.25, -0.2) is 4.39 Å². The van der Waals surface area contributed by atoms with Crippen LogP contribution in [-0.2, 0) is 19.1 Å². The molecule has 8 heteroatoms. The van der Waals surface area contributed by atoms with Crippen molar-refractivity contribution in [3.63, 3.8) is 0 Å². The summed E-state index contributed by atoms with van der Waals surface area (Å²) in [6, 6.07) is 12.4. The third-order valence-corrected chi connectivity index (χ3v) is 4.29. The number of hydrogen-bond acceptors (Lipinski definition) is 5. The summed E-state index contributed by atoms with van der Waals surface area (Å²) in [5.41, 5.74) is 0.841. The Morgan fingerprint density at radius 1 is 1.21 bits per heavy atom. The van der Waals surface area contributed by atoms with Crippen LogP contribution in [0.5, 0.6) is 5.75 Å². The van der Waals surface area contributed by atoms with Crippen molar-refractivity contribution in [3.05, 3.63) is 54.3 Å². The van der Waals surface area contributed by atoms with Crippen LogP contribution >= 0.6 is 0 Å². The van der Waals surface area contributed by atoms with E-state index in [0.717, 1.165) is 6.07 Å². The number of hydrogen-bond donors (Lipinski definition) is 1. The average molecular weight is 386 g/mol. The first-order valence-corrected chi connectivity index (χ1v) is 8.63. The van der Waals surface area contributed by atoms with E-state index in [2.05, 4.69) is 5.32 Å². The molecule has 0 bridgehead atoms. The normalized spacial score (nSPS) is 16.0. The standard InChI is InChI=1S/C20H19FN2O5/c1-27-17-8-3-2-7-16(17)23-11-13(9-19(23)25)20(26)28-12-18(24)22-15-6-4-5-14(21)10-15/h2-8,10,13H,9,11-12H2,1H3,(H,22,24)/t13-/m1/s1. The first-order valence-electron chi connectivity index (χ1n) is 8.63. The van der Waals surface area contributed by atoms with Gasteiger partial charge in [-0.05, 0) is 30.3 Å². The van der Waals surface area contributed by atoms with E-state index in [4.69, 9.17) is 9.47 Å². The number of esters is 1. The van der Waals surface area contributed by atoms with Gasteiger partial charge in [-0.15, -0.1) is 0 Å². The van der Waals surface area contributed by atoms with E-state index in [1.807, 2.05) is 0 Å². The Labute approximate surface area is 161 Å². The van der Waals surface area contributed by atoms with Crippen LogP contribution in [0.3, 0.4) is 0 Å². The molecule has 1 heterocycles. The zero-order chi connectivity index (χ0) is 20.1. The van der Waals surface area contributed by atoms with Crippen molar-refractivity contribution >= 4 is 29.2 Å². The fraction of sp³-hybridized carbons (Fsp3) is 0.250. The van der Waals surface area contributed by atoms with Gasteiger partial charge < -0.3 is 19.7 Å². The molecule has 2 amide bonds. The van der Waals surface area contributed by atoms with Gasteiger partial charge in [0, 0.05) is 18.7 Å². The van der Waals surface area contributed by atoms with Gasteiger partial charge in [-0.2, -0.15) is 0 Å². The molecule has 0 saturated carbocycles. The van der Waals surface area contributed by atoms with Gasteiger partial charge in [-0.3, -0.25) is 14.4 Å². The molecule has 1 aliphatic rings. The number of benzene rings is 2. The monoisotopic (exact) mass is 386 g/mol. The molecule has 28 heavy (non-hydrogen) atoms. The minimum absolute atomic E-state index is 0.0115. The molecule has 0 aliphatic carbocycles. The number of methoxy groups -OCH3 is 1. The van der Waals surface area contributed by atoms with Crippen molar-refractivity contribution in [1.29, 1.82) is 0 Å². The van der Waals surface area contributed by atoms with E-state index in [-0.39, 0.29) is 24.6 Å². The Morgan fingerprint density at radius 3 is 2.75 bits per heavy atom. The molecule has 0 aromatic heterocycles. The molecule has 0 spiro atoms. The summed E-state index contributed by atoms with van der Waals surface area (Å²) in [5.74, 6) is -2.10. The maximum Gasteiger partial charge on any atom is 0.311 e. The largest absolute Gasteiger partial charge is 0.495 e. The third kappa shape index (κ3) is 4.46. The summed E-state index contributed by atoms with van der Waals surface area (Å²) in [4.78, 5) is 37.9. The van der Waals surface area contributed by atoms with Crippen molar-refractivity contribution < 1.29 is 28.2 Å². The number of nitrogens with one attached hydrogen (secondary N) is 1. The molecule has 3 rings (SSSR count). The van der Waals surface area contributed by atoms with Crippen molar-refractivity contribution in [2.75, 3.05) is 30.5 Å². The highest BCUT2D eigenvalue weighted by atomic mass is 19.1. The number of ether oxygens (including phenoxy) is 2. The van der Waals surface area contributed by atoms with Gasteiger partial charge >= 0.3 is 5.97 Å². The van der Waals surface area contributed by atoms with Crippen molar-refractivity contribution in [3.8, 4) is 5.75 Å². The quantitative estimate of drug-likeness (QED) is 0.771. The molecule has 0 unspecified atom stereocenters. The Hall–Kier alpha value is -3.42. The lowest BCUT2D eigenvalue weighted by atomic mass is 10.1. The number of halogens is 1. The molecular formula is C20H19FN2O5. The van der Waals surface area contributed by atoms with Crippen molar-refractivity contribution in [1.82, 2.24) is 0 Å². The Morgan fingerprint density at radius 2 is 2.00 bits per heavy atom. The van der Waals surface area contributed by atoms with Crippen molar-refractivity contribution in [2.45, 2.75) is 6.42 Å². The second kappa shape index (κ2) is 8.51. The second-order valence-corrected chi connectivity index (χ2v) is 6.24. The van der Waals surface area contributed by atoms with Crippen LogP contribution in [0, 0.1) is 11.7 Å². The minimum atomic E-state index is -0.681. The molecular weight excluding hydrogens is 367 g/mol. The summed E-state index contributed by atoms with van der Waals surface area (Å²) in [5, 5.41) is 2.44. The maximum atomic E-state index is 13.1. The molecule has 1 fully saturated rings. The summed E-state index contributed by atoms with van der Waals surface area (Å²) >= 11 is 0. The van der Waals surface area contributed by atoms with E-state index in [1.54, 1.807) is 24.3 Å². The molecule has 0 radical (unpaired) electrons. The summed E-state index contributed by atoms with van der Waals surface area (Å²) in [6.07, 6.45) is -0.0115. The van der Waals surface area contributed by atoms with Gasteiger partial charge in [-0.1, -0.05) is 18.2 Å². The van der Waals surface area contributed by atoms with Gasteiger partial charge in [0.25, 0.3) is 5.91 Å². The summed E-state index contributed by atoms with van der Waals surface area (Å²) < 4.78 is 23.4. The van der Waals surface area contributed by atoms with Crippen LogP contribution in [0.25, 0.3) is 0 Å². The number of carbonyl (C=O) groups excluding carboxylic acids is 3. The molecule has 2 aromatic rings. The van der Waals surface area contributed by atoms with Crippen LogP contribution < -0.4 is 15.0 Å². The van der Waals surface area contributed by atoms with E-state index in [9.17, 15) is 18.8 Å². The fourth-order valence-corrected chi connectivity index (χ4v) is 2.97. The topological polar surface area (TPSA) is 84.9 Å². The molecule has 1 aliphatic heterocycles. The predicted molar refractivity (Wildman–Crippen MR) is 99.4 cm³/mol. The number of carbonyl (C=O) groups is 3. The SMILES string of the molecule is COc1ccccc1N1C[C@H](C(=O)OCC(=O)Nc2cccc(F)c2)CC1=O. The van der Waals surface area contributed by atoms with Gasteiger partial charge in [0.2, 0.25) is 5.91 Å². The third-order valence-electron chi connectivity index (χ3n) is 4.29. The van der Waals surface area contributed by atoms with Crippen LogP contribution in [0.15, 0.2) is 48.5 Å². The molecule has 2 aromatic carbocycles. The smallest absolute Gasteiger partial charge is 0.311 e. The Kier molecular flexibility index (Phi) is 5.88. The molecule has 1 atom stereocenters. The highest BCUT2D eigenvalue weighted by Crippen LogP contribution is 2.33. The number of anilines is 2. The average Bonchev–Trinajstić information content (AvgIpc) is 3.07. The molecule has 7 nitrogen and oxygen atoms in total. The van der Waals surface area contributed by atoms with Crippen LogP contribution in [0.1, 0.15) is 6.42 Å². The summed E-state index contributed by atoms with van der Waals surface area (Å²) in [6.45, 7) is -0.377. The molecule has 1 N–H and O–H groups in total. The second-order valence-electron chi connectivity index (χ2n) is 6.24. The highest BCUT2D eigenvalue weighted by Gasteiger charge is 2.37. The molecule has 146 valence electrons. The lowest BCUT2D eigenvalue weighted by Crippen LogP contribution is -2.28. The fourth-order valence-electron chi connectivity index (χ4n) is 2.97.